The Morgan fingerprint density at radius 1 is 1.25 bits per heavy atom. The highest BCUT2D eigenvalue weighted by atomic mass is 79.9. The summed E-state index contributed by atoms with van der Waals surface area (Å²) in [5, 5.41) is 5.37. The van der Waals surface area contributed by atoms with Crippen molar-refractivity contribution in [2.24, 2.45) is 0 Å². The van der Waals surface area contributed by atoms with E-state index < -0.39 is 0 Å². The maximum atomic E-state index is 12.4. The van der Waals surface area contributed by atoms with Gasteiger partial charge in [0.1, 0.15) is 11.4 Å². The highest BCUT2D eigenvalue weighted by Gasteiger charge is 2.19. The van der Waals surface area contributed by atoms with Crippen LogP contribution < -0.4 is 10.3 Å². The molecule has 0 aliphatic rings. The van der Waals surface area contributed by atoms with Gasteiger partial charge in [-0.25, -0.2) is 10.1 Å². The molecule has 0 spiro atoms. The van der Waals surface area contributed by atoms with Crippen molar-refractivity contribution in [3.8, 4) is 0 Å². The molecule has 5 nitrogen and oxygen atoms in total. The van der Waals surface area contributed by atoms with Crippen LogP contribution in [0.5, 0.6) is 0 Å². The van der Waals surface area contributed by atoms with Gasteiger partial charge in [-0.15, -0.1) is 0 Å². The summed E-state index contributed by atoms with van der Waals surface area (Å²) in [6.07, 6.45) is 2.70. The van der Waals surface area contributed by atoms with E-state index in [1.807, 2.05) is 61.7 Å². The van der Waals surface area contributed by atoms with Crippen molar-refractivity contribution < 1.29 is 14.5 Å². The zero-order valence-corrected chi connectivity index (χ0v) is 18.2. The first-order valence-electron chi connectivity index (χ1n) is 9.06. The Morgan fingerprint density at radius 3 is 2.75 bits per heavy atom. The third-order valence-electron chi connectivity index (χ3n) is 4.24. The Morgan fingerprint density at radius 2 is 2.04 bits per heavy atom. The molecule has 1 heterocycles. The highest BCUT2D eigenvalue weighted by molar-refractivity contribution is 9.10. The normalized spacial score (nSPS) is 11.6. The van der Waals surface area contributed by atoms with Crippen molar-refractivity contribution in [1.29, 1.82) is 0 Å². The minimum atomic E-state index is -0.318. The molecule has 28 heavy (non-hydrogen) atoms. The van der Waals surface area contributed by atoms with Crippen molar-refractivity contribution in [3.63, 3.8) is 0 Å². The highest BCUT2D eigenvalue weighted by Crippen LogP contribution is 2.26. The molecule has 7 heteroatoms. The number of rotatable bonds is 6. The molecule has 2 aromatic carbocycles. The predicted molar refractivity (Wildman–Crippen MR) is 120 cm³/mol. The fraction of sp³-hybridized carbons (Fsp3) is 0.238. The summed E-state index contributed by atoms with van der Waals surface area (Å²) in [5.41, 5.74) is 3.45. The molecule has 3 N–H and O–H groups in total. The first-order chi connectivity index (χ1) is 13.6. The van der Waals surface area contributed by atoms with E-state index >= 15 is 0 Å². The lowest BCUT2D eigenvalue weighted by Crippen LogP contribution is -2.74. The molecule has 0 unspecified atom stereocenters. The third-order valence-corrected chi connectivity index (χ3v) is 5.39. The lowest BCUT2D eigenvalue weighted by molar-refractivity contribution is -0.453. The minimum Gasteiger partial charge on any atom is -0.461 e. The predicted octanol–water partition coefficient (Wildman–Crippen LogP) is 3.56. The van der Waals surface area contributed by atoms with Crippen molar-refractivity contribution in [2.75, 3.05) is 24.7 Å². The van der Waals surface area contributed by atoms with Gasteiger partial charge in [0.25, 0.3) is 0 Å². The zero-order chi connectivity index (χ0) is 19.9. The molecule has 0 atom stereocenters. The molecule has 0 fully saturated rings. The molecule has 0 saturated carbocycles. The smallest absolute Gasteiger partial charge is 0.355 e. The Hall–Kier alpha value is -2.25. The SMILES string of the molecule is CCOC(=O)c1[nH]c2ccc(Br)cc2c1CC[NH+]=C(Nc1ccccc1)SC. The topological polar surface area (TPSA) is 68.1 Å². The number of benzene rings is 2. The average molecular weight is 461 g/mol. The first kappa shape index (κ1) is 20.5. The number of thioether (sulfide) groups is 1. The van der Waals surface area contributed by atoms with Crippen LogP contribution in [0.1, 0.15) is 23.0 Å². The number of carbonyl (C=O) groups is 1. The molecule has 0 bridgehead atoms. The number of carbonyl (C=O) groups excluding carboxylic acids is 1. The van der Waals surface area contributed by atoms with E-state index in [0.717, 1.165) is 31.8 Å². The number of hydrogen-bond acceptors (Lipinski definition) is 3. The summed E-state index contributed by atoms with van der Waals surface area (Å²) in [7, 11) is 0. The fourth-order valence-electron chi connectivity index (χ4n) is 2.98. The van der Waals surface area contributed by atoms with Crippen LogP contribution in [0.2, 0.25) is 0 Å². The molecule has 146 valence electrons. The van der Waals surface area contributed by atoms with Gasteiger partial charge in [0.15, 0.2) is 0 Å². The maximum Gasteiger partial charge on any atom is 0.355 e. The summed E-state index contributed by atoms with van der Waals surface area (Å²) >= 11 is 5.13. The van der Waals surface area contributed by atoms with Crippen LogP contribution in [0.3, 0.4) is 0 Å². The van der Waals surface area contributed by atoms with Gasteiger partial charge < -0.3 is 9.72 Å². The lowest BCUT2D eigenvalue weighted by atomic mass is 10.1. The maximum absolute atomic E-state index is 12.4. The van der Waals surface area contributed by atoms with E-state index in [1.165, 1.54) is 0 Å². The summed E-state index contributed by atoms with van der Waals surface area (Å²) in [5.74, 6) is -0.318. The Bertz CT molecular complexity index is 986. The van der Waals surface area contributed by atoms with Crippen LogP contribution in [0.25, 0.3) is 10.9 Å². The Labute approximate surface area is 177 Å². The van der Waals surface area contributed by atoms with Crippen LogP contribution in [0, 0.1) is 0 Å². The molecule has 1 aromatic heterocycles. The van der Waals surface area contributed by atoms with E-state index in [-0.39, 0.29) is 5.97 Å². The minimum absolute atomic E-state index is 0.318. The quantitative estimate of drug-likeness (QED) is 0.298. The van der Waals surface area contributed by atoms with Gasteiger partial charge in [-0.1, -0.05) is 34.1 Å². The van der Waals surface area contributed by atoms with Crippen LogP contribution in [-0.4, -0.2) is 35.5 Å². The number of esters is 1. The molecule has 0 saturated heterocycles. The van der Waals surface area contributed by atoms with Gasteiger partial charge in [-0.05, 0) is 60.8 Å². The van der Waals surface area contributed by atoms with Gasteiger partial charge in [0, 0.05) is 21.8 Å². The molecule has 0 amide bonds. The molecule has 3 rings (SSSR count). The van der Waals surface area contributed by atoms with E-state index in [9.17, 15) is 4.79 Å². The molecule has 0 aliphatic heterocycles. The monoisotopic (exact) mass is 460 g/mol. The number of aromatic nitrogens is 1. The lowest BCUT2D eigenvalue weighted by Gasteiger charge is -2.04. The number of H-pyrrole nitrogens is 1. The average Bonchev–Trinajstić information content (AvgIpc) is 3.06. The summed E-state index contributed by atoms with van der Waals surface area (Å²) in [6, 6.07) is 16.0. The van der Waals surface area contributed by atoms with Gasteiger partial charge in [-0.2, -0.15) is 0 Å². The molecular formula is C21H23BrN3O2S+. The van der Waals surface area contributed by atoms with Crippen molar-refractivity contribution in [2.45, 2.75) is 13.3 Å². The third kappa shape index (κ3) is 4.97. The van der Waals surface area contributed by atoms with Crippen molar-refractivity contribution >= 4 is 55.4 Å². The number of aromatic amines is 1. The molecular weight excluding hydrogens is 438 g/mol. The van der Waals surface area contributed by atoms with Gasteiger partial charge in [0.2, 0.25) is 0 Å². The molecule has 0 aliphatic carbocycles. The molecule has 0 radical (unpaired) electrons. The van der Waals surface area contributed by atoms with Gasteiger partial charge >= 0.3 is 11.1 Å². The second-order valence-electron chi connectivity index (χ2n) is 6.09. The summed E-state index contributed by atoms with van der Waals surface area (Å²) in [4.78, 5) is 19.0. The largest absolute Gasteiger partial charge is 0.461 e. The number of nitrogens with one attached hydrogen (secondary N) is 3. The Kier molecular flexibility index (Phi) is 7.17. The van der Waals surface area contributed by atoms with Gasteiger partial charge in [-0.3, -0.25) is 4.99 Å². The number of amidine groups is 1. The van der Waals surface area contributed by atoms with Crippen LogP contribution in [-0.2, 0) is 11.2 Å². The second kappa shape index (κ2) is 9.80. The van der Waals surface area contributed by atoms with Crippen LogP contribution in [0.15, 0.2) is 53.0 Å². The van der Waals surface area contributed by atoms with Crippen LogP contribution >= 0.6 is 27.7 Å². The zero-order valence-electron chi connectivity index (χ0n) is 15.8. The van der Waals surface area contributed by atoms with E-state index in [0.29, 0.717) is 25.3 Å². The summed E-state index contributed by atoms with van der Waals surface area (Å²) in [6.45, 7) is 2.84. The van der Waals surface area contributed by atoms with E-state index in [4.69, 9.17) is 4.74 Å². The fourth-order valence-corrected chi connectivity index (χ4v) is 3.81. The number of anilines is 1. The van der Waals surface area contributed by atoms with Gasteiger partial charge in [0.05, 0.1) is 13.2 Å². The Balaban J connectivity index is 1.83. The van der Waals surface area contributed by atoms with Crippen LogP contribution in [0.4, 0.5) is 5.69 Å². The standard InChI is InChI=1S/C21H22BrN3O2S/c1-3-27-20(26)19-16(17-13-14(22)9-10-18(17)25-19)11-12-23-21(28-2)24-15-7-5-4-6-8-15/h4-10,13,25H,3,11-12H2,1-2H3,(H,23,24)/p+1. The number of fused-ring (bicyclic) bond motifs is 1. The van der Waals surface area contributed by atoms with Crippen molar-refractivity contribution in [3.05, 3.63) is 64.3 Å². The number of hydrogen-bond donors (Lipinski definition) is 3. The van der Waals surface area contributed by atoms with Crippen molar-refractivity contribution in [1.82, 2.24) is 4.98 Å². The van der Waals surface area contributed by atoms with E-state index in [2.05, 4.69) is 31.2 Å². The molecule has 3 aromatic rings. The number of para-hydroxylation sites is 1. The number of halogens is 1. The summed E-state index contributed by atoms with van der Waals surface area (Å²) < 4.78 is 6.21. The second-order valence-corrected chi connectivity index (χ2v) is 7.82. The number of ether oxygens (including phenoxy) is 1. The first-order valence-corrected chi connectivity index (χ1v) is 11.1. The van der Waals surface area contributed by atoms with E-state index in [1.54, 1.807) is 11.8 Å².